The molecule has 2 heterocycles. The van der Waals surface area contributed by atoms with Crippen LogP contribution in [0.25, 0.3) is 43.5 Å². The average Bonchev–Trinajstić information content (AvgIpc) is 3.08. The fourth-order valence-electron chi connectivity index (χ4n) is 4.05. The first-order valence-corrected chi connectivity index (χ1v) is 8.76. The Bertz CT molecular complexity index is 1400. The molecule has 0 aliphatic heterocycles. The third kappa shape index (κ3) is 2.12. The van der Waals surface area contributed by atoms with Crippen molar-refractivity contribution in [1.29, 1.82) is 0 Å². The number of aromatic amines is 1. The van der Waals surface area contributed by atoms with E-state index < -0.39 is 0 Å². The maximum atomic E-state index is 13.4. The van der Waals surface area contributed by atoms with Crippen molar-refractivity contribution in [2.75, 3.05) is 14.2 Å². The number of fused-ring (bicyclic) bond motifs is 6. The second-order valence-electron chi connectivity index (χ2n) is 6.59. The highest BCUT2D eigenvalue weighted by atomic mass is 16.5. The van der Waals surface area contributed by atoms with Crippen molar-refractivity contribution in [3.8, 4) is 5.75 Å². The van der Waals surface area contributed by atoms with Crippen LogP contribution in [0, 0.1) is 0 Å². The molecule has 0 saturated carbocycles. The molecule has 0 amide bonds. The van der Waals surface area contributed by atoms with Crippen LogP contribution >= 0.6 is 0 Å². The topological polar surface area (TPSA) is 56.2 Å². The monoisotopic (exact) mass is 358 g/mol. The quantitative estimate of drug-likeness (QED) is 0.486. The number of methoxy groups -OCH3 is 2. The van der Waals surface area contributed by atoms with E-state index in [1.54, 1.807) is 18.8 Å². The molecule has 5 rings (SSSR count). The summed E-state index contributed by atoms with van der Waals surface area (Å²) in [6.07, 6.45) is 0. The van der Waals surface area contributed by atoms with Crippen molar-refractivity contribution in [2.24, 2.45) is 0 Å². The van der Waals surface area contributed by atoms with Gasteiger partial charge in [-0.2, -0.15) is 0 Å². The van der Waals surface area contributed by atoms with Gasteiger partial charge < -0.3 is 14.5 Å². The zero-order chi connectivity index (χ0) is 18.5. The van der Waals surface area contributed by atoms with E-state index in [0.29, 0.717) is 11.1 Å². The number of pyridine rings is 1. The normalized spacial score (nSPS) is 11.8. The lowest BCUT2D eigenvalue weighted by Gasteiger charge is -2.15. The molecule has 0 unspecified atom stereocenters. The first-order chi connectivity index (χ1) is 13.2. The van der Waals surface area contributed by atoms with Crippen molar-refractivity contribution < 1.29 is 9.47 Å². The van der Waals surface area contributed by atoms with Crippen LogP contribution in [0.3, 0.4) is 0 Å². The van der Waals surface area contributed by atoms with E-state index in [1.165, 1.54) is 0 Å². The Labute approximate surface area is 154 Å². The summed E-state index contributed by atoms with van der Waals surface area (Å²) in [5, 5.41) is 4.40. The van der Waals surface area contributed by atoms with Gasteiger partial charge in [0.05, 0.1) is 28.9 Å². The van der Waals surface area contributed by atoms with Crippen LogP contribution in [0.5, 0.6) is 5.75 Å². The molecular weight excluding hydrogens is 340 g/mol. The molecule has 0 fully saturated rings. The molecule has 0 radical (unpaired) electrons. The van der Waals surface area contributed by atoms with Crippen molar-refractivity contribution in [1.82, 2.24) is 9.55 Å². The van der Waals surface area contributed by atoms with E-state index in [4.69, 9.17) is 9.47 Å². The van der Waals surface area contributed by atoms with Crippen LogP contribution in [0.15, 0.2) is 59.4 Å². The maximum absolute atomic E-state index is 13.4. The zero-order valence-electron chi connectivity index (χ0n) is 15.1. The first kappa shape index (κ1) is 15.9. The van der Waals surface area contributed by atoms with Crippen molar-refractivity contribution in [3.05, 3.63) is 65.0 Å². The number of para-hydroxylation sites is 2. The summed E-state index contributed by atoms with van der Waals surface area (Å²) in [5.74, 6) is 0.598. The predicted octanol–water partition coefficient (Wildman–Crippen LogP) is 4.40. The van der Waals surface area contributed by atoms with Crippen LogP contribution in [0.4, 0.5) is 0 Å². The van der Waals surface area contributed by atoms with Gasteiger partial charge in [-0.1, -0.05) is 36.4 Å². The number of aromatic nitrogens is 2. The minimum absolute atomic E-state index is 0.116. The molecule has 5 nitrogen and oxygen atoms in total. The molecule has 5 heteroatoms. The lowest BCUT2D eigenvalue weighted by Crippen LogP contribution is -2.22. The highest BCUT2D eigenvalue weighted by Crippen LogP contribution is 2.39. The third-order valence-corrected chi connectivity index (χ3v) is 5.15. The number of nitrogens with zero attached hydrogens (tertiary/aromatic N) is 1. The Balaban J connectivity index is 2.11. The highest BCUT2D eigenvalue weighted by molar-refractivity contribution is 6.20. The van der Waals surface area contributed by atoms with Gasteiger partial charge in [-0.3, -0.25) is 9.36 Å². The number of hydrogen-bond donors (Lipinski definition) is 1. The number of H-pyrrole nitrogens is 1. The second-order valence-corrected chi connectivity index (χ2v) is 6.59. The Kier molecular flexibility index (Phi) is 3.45. The summed E-state index contributed by atoms with van der Waals surface area (Å²) >= 11 is 0. The summed E-state index contributed by atoms with van der Waals surface area (Å²) in [6.45, 7) is 0.185. The van der Waals surface area contributed by atoms with Crippen molar-refractivity contribution >= 4 is 43.5 Å². The number of hydrogen-bond acceptors (Lipinski definition) is 3. The Hall–Kier alpha value is -3.31. The molecule has 3 aromatic carbocycles. The Morgan fingerprint density at radius 3 is 2.41 bits per heavy atom. The largest absolute Gasteiger partial charge is 0.495 e. The molecule has 0 bridgehead atoms. The first-order valence-electron chi connectivity index (χ1n) is 8.76. The maximum Gasteiger partial charge on any atom is 0.264 e. The van der Waals surface area contributed by atoms with E-state index in [-0.39, 0.29) is 12.3 Å². The Morgan fingerprint density at radius 1 is 0.889 bits per heavy atom. The minimum atomic E-state index is -0.116. The summed E-state index contributed by atoms with van der Waals surface area (Å²) < 4.78 is 12.7. The summed E-state index contributed by atoms with van der Waals surface area (Å²) in [7, 11) is 3.21. The van der Waals surface area contributed by atoms with Crippen LogP contribution in [0.2, 0.25) is 0 Å². The van der Waals surface area contributed by atoms with Gasteiger partial charge >= 0.3 is 0 Å². The van der Waals surface area contributed by atoms with Gasteiger partial charge in [0.2, 0.25) is 0 Å². The van der Waals surface area contributed by atoms with Gasteiger partial charge in [-0.25, -0.2) is 0 Å². The number of nitrogens with one attached hydrogen (secondary N) is 1. The lowest BCUT2D eigenvalue weighted by molar-refractivity contribution is 0.132. The lowest BCUT2D eigenvalue weighted by atomic mass is 10.0. The van der Waals surface area contributed by atoms with E-state index in [1.807, 2.05) is 54.6 Å². The third-order valence-electron chi connectivity index (χ3n) is 5.15. The van der Waals surface area contributed by atoms with Gasteiger partial charge in [0.1, 0.15) is 12.5 Å². The summed E-state index contributed by atoms with van der Waals surface area (Å²) in [4.78, 5) is 16.9. The molecule has 1 N–H and O–H groups in total. The van der Waals surface area contributed by atoms with E-state index in [2.05, 4.69) is 4.98 Å². The fraction of sp³-hybridized carbons (Fsp3) is 0.136. The molecule has 0 aliphatic rings. The molecule has 2 aromatic heterocycles. The zero-order valence-corrected chi connectivity index (χ0v) is 15.1. The number of benzene rings is 3. The van der Waals surface area contributed by atoms with Gasteiger partial charge in [-0.05, 0) is 18.2 Å². The van der Waals surface area contributed by atoms with Crippen molar-refractivity contribution in [3.63, 3.8) is 0 Å². The smallest absolute Gasteiger partial charge is 0.264 e. The molecule has 0 atom stereocenters. The molecule has 0 spiro atoms. The SMILES string of the molecule is COCn1c(=O)c2c(OC)c3c(cc2c2ccccc21)[nH]c1ccccc13. The Morgan fingerprint density at radius 2 is 1.63 bits per heavy atom. The van der Waals surface area contributed by atoms with E-state index in [9.17, 15) is 4.79 Å². The highest BCUT2D eigenvalue weighted by Gasteiger charge is 2.19. The second kappa shape index (κ2) is 5.86. The van der Waals surface area contributed by atoms with Gasteiger partial charge in [0.25, 0.3) is 5.56 Å². The summed E-state index contributed by atoms with van der Waals surface area (Å²) in [5.41, 5.74) is 2.70. The summed E-state index contributed by atoms with van der Waals surface area (Å²) in [6, 6.07) is 18.0. The van der Waals surface area contributed by atoms with Crippen LogP contribution in [-0.4, -0.2) is 23.8 Å². The van der Waals surface area contributed by atoms with Gasteiger partial charge in [0.15, 0.2) is 0 Å². The van der Waals surface area contributed by atoms with Crippen LogP contribution in [-0.2, 0) is 11.5 Å². The minimum Gasteiger partial charge on any atom is -0.495 e. The van der Waals surface area contributed by atoms with Crippen molar-refractivity contribution in [2.45, 2.75) is 6.73 Å². The molecule has 27 heavy (non-hydrogen) atoms. The number of ether oxygens (including phenoxy) is 2. The van der Waals surface area contributed by atoms with Crippen LogP contribution < -0.4 is 10.3 Å². The standard InChI is InChI=1S/C22H18N2O3/c1-26-12-24-18-10-6-4-7-13(18)15-11-17-19(21(27-2)20(15)22(24)25)14-8-3-5-9-16(14)23-17/h3-11,23H,12H2,1-2H3. The molecule has 134 valence electrons. The molecular formula is C22H18N2O3. The molecule has 0 aliphatic carbocycles. The number of rotatable bonds is 3. The van der Waals surface area contributed by atoms with Crippen LogP contribution in [0.1, 0.15) is 0 Å². The fourth-order valence-corrected chi connectivity index (χ4v) is 4.05. The van der Waals surface area contributed by atoms with E-state index in [0.717, 1.165) is 38.1 Å². The van der Waals surface area contributed by atoms with Gasteiger partial charge in [-0.15, -0.1) is 0 Å². The molecule has 0 saturated heterocycles. The average molecular weight is 358 g/mol. The van der Waals surface area contributed by atoms with E-state index >= 15 is 0 Å². The molecule has 5 aromatic rings. The predicted molar refractivity (Wildman–Crippen MR) is 109 cm³/mol. The van der Waals surface area contributed by atoms with Gasteiger partial charge in [0, 0.05) is 28.8 Å².